The van der Waals surface area contributed by atoms with Crippen molar-refractivity contribution in [2.24, 2.45) is 17.8 Å². The fourth-order valence-corrected chi connectivity index (χ4v) is 5.19. The third-order valence-electron chi connectivity index (χ3n) is 4.39. The lowest BCUT2D eigenvalue weighted by Gasteiger charge is -2.25. The summed E-state index contributed by atoms with van der Waals surface area (Å²) >= 11 is 0. The van der Waals surface area contributed by atoms with E-state index in [9.17, 15) is 0 Å². The van der Waals surface area contributed by atoms with Crippen LogP contribution >= 0.6 is 0 Å². The van der Waals surface area contributed by atoms with Crippen molar-refractivity contribution >= 4 is 9.04 Å². The van der Waals surface area contributed by atoms with Gasteiger partial charge in [0.2, 0.25) is 0 Å². The molecule has 4 unspecified atom stereocenters. The van der Waals surface area contributed by atoms with Crippen LogP contribution in [0.25, 0.3) is 0 Å². The van der Waals surface area contributed by atoms with Crippen molar-refractivity contribution in [1.82, 2.24) is 0 Å². The molecule has 92 valence electrons. The Balaban J connectivity index is 1.75. The van der Waals surface area contributed by atoms with E-state index in [4.69, 9.17) is 4.43 Å². The third kappa shape index (κ3) is 2.78. The second-order valence-electron chi connectivity index (χ2n) is 5.66. The Hall–Kier alpha value is -0.0831. The van der Waals surface area contributed by atoms with Gasteiger partial charge < -0.3 is 4.43 Å². The summed E-state index contributed by atoms with van der Waals surface area (Å²) in [4.78, 5) is 0. The molecule has 2 bridgehead atoms. The van der Waals surface area contributed by atoms with E-state index >= 15 is 0 Å². The SMILES string of the molecule is CC[SiH](CC)OC(C)CC1CC2C=CC1C2. The predicted octanol–water partition coefficient (Wildman–Crippen LogP) is 3.76. The van der Waals surface area contributed by atoms with Crippen LogP contribution in [0.2, 0.25) is 12.1 Å². The van der Waals surface area contributed by atoms with Crippen LogP contribution in [-0.4, -0.2) is 15.1 Å². The molecule has 1 fully saturated rings. The van der Waals surface area contributed by atoms with Gasteiger partial charge in [-0.25, -0.2) is 0 Å². The molecule has 4 atom stereocenters. The van der Waals surface area contributed by atoms with E-state index < -0.39 is 9.04 Å². The molecule has 0 heterocycles. The molecule has 0 spiro atoms. The van der Waals surface area contributed by atoms with Gasteiger partial charge in [-0.05, 0) is 56.0 Å². The number of hydrogen-bond donors (Lipinski definition) is 0. The van der Waals surface area contributed by atoms with Gasteiger partial charge in [-0.3, -0.25) is 0 Å². The summed E-state index contributed by atoms with van der Waals surface area (Å²) in [6.45, 7) is 6.86. The Labute approximate surface area is 102 Å². The Bertz CT molecular complexity index is 247. The topological polar surface area (TPSA) is 9.23 Å². The molecule has 2 aliphatic carbocycles. The van der Waals surface area contributed by atoms with E-state index in [-0.39, 0.29) is 0 Å². The molecule has 0 radical (unpaired) electrons. The second-order valence-corrected chi connectivity index (χ2v) is 8.81. The summed E-state index contributed by atoms with van der Waals surface area (Å²) in [6, 6.07) is 2.58. The van der Waals surface area contributed by atoms with Gasteiger partial charge in [0, 0.05) is 6.10 Å². The van der Waals surface area contributed by atoms with Gasteiger partial charge >= 0.3 is 0 Å². The maximum absolute atomic E-state index is 6.23. The van der Waals surface area contributed by atoms with Crippen molar-refractivity contribution in [2.45, 2.75) is 58.2 Å². The summed E-state index contributed by atoms with van der Waals surface area (Å²) in [6.07, 6.45) is 9.56. The second kappa shape index (κ2) is 5.50. The van der Waals surface area contributed by atoms with E-state index in [0.717, 1.165) is 17.8 Å². The average molecular weight is 238 g/mol. The van der Waals surface area contributed by atoms with E-state index in [1.807, 2.05) is 0 Å². The van der Waals surface area contributed by atoms with Crippen LogP contribution in [0.5, 0.6) is 0 Å². The fraction of sp³-hybridized carbons (Fsp3) is 0.857. The average Bonchev–Trinajstić information content (AvgIpc) is 2.87. The molecule has 0 aromatic rings. The molecule has 0 amide bonds. The first kappa shape index (κ1) is 12.4. The lowest BCUT2D eigenvalue weighted by Crippen LogP contribution is -2.25. The first-order chi connectivity index (χ1) is 7.72. The monoisotopic (exact) mass is 238 g/mol. The molecular formula is C14H26OSi. The van der Waals surface area contributed by atoms with E-state index in [0.29, 0.717) is 6.10 Å². The van der Waals surface area contributed by atoms with E-state index in [1.54, 1.807) is 0 Å². The summed E-state index contributed by atoms with van der Waals surface area (Å²) in [7, 11) is -0.847. The van der Waals surface area contributed by atoms with Crippen molar-refractivity contribution in [3.63, 3.8) is 0 Å². The van der Waals surface area contributed by atoms with Gasteiger partial charge in [0.05, 0.1) is 0 Å². The molecule has 2 heteroatoms. The van der Waals surface area contributed by atoms with Crippen LogP contribution in [0.4, 0.5) is 0 Å². The third-order valence-corrected chi connectivity index (χ3v) is 7.06. The highest BCUT2D eigenvalue weighted by Gasteiger charge is 2.36. The van der Waals surface area contributed by atoms with Crippen LogP contribution < -0.4 is 0 Å². The predicted molar refractivity (Wildman–Crippen MR) is 72.1 cm³/mol. The molecule has 0 saturated heterocycles. The molecule has 0 aromatic carbocycles. The van der Waals surface area contributed by atoms with Crippen molar-refractivity contribution in [2.75, 3.05) is 0 Å². The Morgan fingerprint density at radius 2 is 2.00 bits per heavy atom. The van der Waals surface area contributed by atoms with Gasteiger partial charge in [-0.15, -0.1) is 0 Å². The van der Waals surface area contributed by atoms with Crippen LogP contribution in [-0.2, 0) is 4.43 Å². The molecule has 16 heavy (non-hydrogen) atoms. The summed E-state index contributed by atoms with van der Waals surface area (Å²) in [5.74, 6) is 2.72. The van der Waals surface area contributed by atoms with Crippen molar-refractivity contribution in [3.05, 3.63) is 12.2 Å². The molecule has 0 aromatic heterocycles. The lowest BCUT2D eigenvalue weighted by atomic mass is 9.89. The van der Waals surface area contributed by atoms with Crippen LogP contribution in [0.3, 0.4) is 0 Å². The van der Waals surface area contributed by atoms with Crippen LogP contribution in [0.15, 0.2) is 12.2 Å². The zero-order valence-corrected chi connectivity index (χ0v) is 12.1. The number of hydrogen-bond acceptors (Lipinski definition) is 1. The zero-order valence-electron chi connectivity index (χ0n) is 11.0. The summed E-state index contributed by atoms with van der Waals surface area (Å²) in [5, 5.41) is 0. The first-order valence-electron chi connectivity index (χ1n) is 7.06. The minimum Gasteiger partial charge on any atom is -0.417 e. The van der Waals surface area contributed by atoms with Crippen molar-refractivity contribution in [1.29, 1.82) is 0 Å². The quantitative estimate of drug-likeness (QED) is 0.506. The molecule has 2 rings (SSSR count). The zero-order chi connectivity index (χ0) is 11.5. The van der Waals surface area contributed by atoms with Crippen molar-refractivity contribution < 1.29 is 4.43 Å². The number of allylic oxidation sites excluding steroid dienone is 2. The van der Waals surface area contributed by atoms with Crippen LogP contribution in [0, 0.1) is 17.8 Å². The molecule has 1 saturated carbocycles. The minimum atomic E-state index is -0.847. The normalized spacial score (nSPS) is 33.9. The molecule has 0 aliphatic heterocycles. The Morgan fingerprint density at radius 1 is 1.25 bits per heavy atom. The maximum Gasteiger partial charge on any atom is 0.176 e. The number of rotatable bonds is 6. The van der Waals surface area contributed by atoms with Gasteiger partial charge in [0.25, 0.3) is 0 Å². The molecule has 2 aliphatic rings. The highest BCUT2D eigenvalue weighted by molar-refractivity contribution is 6.51. The van der Waals surface area contributed by atoms with Gasteiger partial charge in [-0.1, -0.05) is 26.0 Å². The standard InChI is InChI=1S/C14H26OSi/c1-4-16(5-2)15-11(3)8-14-10-12-6-7-13(14)9-12/h6-7,11-14,16H,4-5,8-10H2,1-3H3. The maximum atomic E-state index is 6.23. The van der Waals surface area contributed by atoms with E-state index in [2.05, 4.69) is 32.9 Å². The number of fused-ring (bicyclic) bond motifs is 2. The Morgan fingerprint density at radius 3 is 2.50 bits per heavy atom. The van der Waals surface area contributed by atoms with Gasteiger partial charge in [0.1, 0.15) is 0 Å². The molecule has 1 nitrogen and oxygen atoms in total. The highest BCUT2D eigenvalue weighted by atomic mass is 28.3. The highest BCUT2D eigenvalue weighted by Crippen LogP contribution is 2.45. The molecule has 0 N–H and O–H groups in total. The van der Waals surface area contributed by atoms with Gasteiger partial charge in [0.15, 0.2) is 9.04 Å². The van der Waals surface area contributed by atoms with E-state index in [1.165, 1.54) is 31.4 Å². The Kier molecular flexibility index (Phi) is 4.26. The van der Waals surface area contributed by atoms with Gasteiger partial charge in [-0.2, -0.15) is 0 Å². The smallest absolute Gasteiger partial charge is 0.176 e. The summed E-state index contributed by atoms with van der Waals surface area (Å²) < 4.78 is 6.23. The summed E-state index contributed by atoms with van der Waals surface area (Å²) in [5.41, 5.74) is 0. The lowest BCUT2D eigenvalue weighted by molar-refractivity contribution is 0.174. The minimum absolute atomic E-state index is 0.509. The fourth-order valence-electron chi connectivity index (χ4n) is 3.46. The first-order valence-corrected chi connectivity index (χ1v) is 9.17. The van der Waals surface area contributed by atoms with Crippen LogP contribution in [0.1, 0.15) is 40.0 Å². The molecular weight excluding hydrogens is 212 g/mol. The largest absolute Gasteiger partial charge is 0.417 e. The van der Waals surface area contributed by atoms with Crippen molar-refractivity contribution in [3.8, 4) is 0 Å².